The first-order chi connectivity index (χ1) is 13.1. The average molecular weight is 370 g/mol. The summed E-state index contributed by atoms with van der Waals surface area (Å²) in [6.45, 7) is 3.12. The van der Waals surface area contributed by atoms with Crippen LogP contribution < -0.4 is 19.5 Å². The molecule has 0 saturated heterocycles. The second kappa shape index (κ2) is 8.44. The van der Waals surface area contributed by atoms with Crippen molar-refractivity contribution in [2.24, 2.45) is 0 Å². The molecule has 0 aromatic heterocycles. The van der Waals surface area contributed by atoms with Gasteiger partial charge in [0.05, 0.1) is 7.11 Å². The number of methoxy groups -OCH3 is 1. The van der Waals surface area contributed by atoms with Crippen LogP contribution in [-0.2, 0) is 4.79 Å². The standard InChI is InChI=1S/C20H22N2O5/c1-3-22(13-19(23)21-15-5-4-6-16(12-15)25-2)20(24)14-7-8-17-18(11-14)27-10-9-26-17/h4-8,11-12H,3,9-10,13H2,1-2H3,(H,21,23). The molecular weight excluding hydrogens is 348 g/mol. The highest BCUT2D eigenvalue weighted by Crippen LogP contribution is 2.31. The fraction of sp³-hybridized carbons (Fsp3) is 0.300. The predicted molar refractivity (Wildman–Crippen MR) is 101 cm³/mol. The second-order valence-electron chi connectivity index (χ2n) is 5.96. The summed E-state index contributed by atoms with van der Waals surface area (Å²) in [5.41, 5.74) is 1.07. The lowest BCUT2D eigenvalue weighted by Crippen LogP contribution is -2.37. The molecule has 2 amide bonds. The molecule has 0 spiro atoms. The number of hydrogen-bond acceptors (Lipinski definition) is 5. The fourth-order valence-electron chi connectivity index (χ4n) is 2.76. The highest BCUT2D eigenvalue weighted by Gasteiger charge is 2.20. The molecule has 27 heavy (non-hydrogen) atoms. The number of fused-ring (bicyclic) bond motifs is 1. The highest BCUT2D eigenvalue weighted by atomic mass is 16.6. The quantitative estimate of drug-likeness (QED) is 0.846. The van der Waals surface area contributed by atoms with Gasteiger partial charge < -0.3 is 24.4 Å². The maximum Gasteiger partial charge on any atom is 0.254 e. The minimum Gasteiger partial charge on any atom is -0.497 e. The van der Waals surface area contributed by atoms with E-state index in [0.29, 0.717) is 48.3 Å². The van der Waals surface area contributed by atoms with Crippen LogP contribution in [0.2, 0.25) is 0 Å². The molecule has 0 saturated carbocycles. The Morgan fingerprint density at radius 1 is 1.11 bits per heavy atom. The maximum atomic E-state index is 12.8. The molecule has 0 unspecified atom stereocenters. The van der Waals surface area contributed by atoms with Crippen LogP contribution in [0.3, 0.4) is 0 Å². The van der Waals surface area contributed by atoms with E-state index in [-0.39, 0.29) is 18.4 Å². The SMILES string of the molecule is CCN(CC(=O)Nc1cccc(OC)c1)C(=O)c1ccc2c(c1)OCCO2. The zero-order chi connectivity index (χ0) is 19.2. The summed E-state index contributed by atoms with van der Waals surface area (Å²) in [5, 5.41) is 2.78. The first-order valence-corrected chi connectivity index (χ1v) is 8.73. The van der Waals surface area contributed by atoms with Crippen LogP contribution in [-0.4, -0.2) is 50.1 Å². The van der Waals surface area contributed by atoms with Gasteiger partial charge in [0.15, 0.2) is 11.5 Å². The molecule has 142 valence electrons. The summed E-state index contributed by atoms with van der Waals surface area (Å²) >= 11 is 0. The lowest BCUT2D eigenvalue weighted by atomic mass is 10.1. The number of hydrogen-bond donors (Lipinski definition) is 1. The van der Waals surface area contributed by atoms with Gasteiger partial charge in [-0.1, -0.05) is 6.07 Å². The van der Waals surface area contributed by atoms with E-state index in [1.807, 2.05) is 6.92 Å². The van der Waals surface area contributed by atoms with Crippen molar-refractivity contribution in [3.63, 3.8) is 0 Å². The molecule has 2 aromatic carbocycles. The van der Waals surface area contributed by atoms with Gasteiger partial charge in [0.1, 0.15) is 25.5 Å². The van der Waals surface area contributed by atoms with Crippen molar-refractivity contribution in [2.75, 3.05) is 38.7 Å². The molecule has 0 fully saturated rings. The Morgan fingerprint density at radius 2 is 1.89 bits per heavy atom. The largest absolute Gasteiger partial charge is 0.497 e. The van der Waals surface area contributed by atoms with Crippen LogP contribution in [0.4, 0.5) is 5.69 Å². The summed E-state index contributed by atoms with van der Waals surface area (Å²) in [4.78, 5) is 26.6. The van der Waals surface area contributed by atoms with Crippen LogP contribution in [0, 0.1) is 0 Å². The molecule has 2 aromatic rings. The van der Waals surface area contributed by atoms with E-state index in [2.05, 4.69) is 5.32 Å². The summed E-state index contributed by atoms with van der Waals surface area (Å²) < 4.78 is 16.1. The Labute approximate surface area is 157 Å². The van der Waals surface area contributed by atoms with Gasteiger partial charge in [0.25, 0.3) is 5.91 Å². The van der Waals surface area contributed by atoms with Gasteiger partial charge in [-0.05, 0) is 37.3 Å². The van der Waals surface area contributed by atoms with Crippen molar-refractivity contribution in [2.45, 2.75) is 6.92 Å². The number of benzene rings is 2. The van der Waals surface area contributed by atoms with Crippen molar-refractivity contribution in [3.8, 4) is 17.2 Å². The number of rotatable bonds is 6. The fourth-order valence-corrected chi connectivity index (χ4v) is 2.76. The van der Waals surface area contributed by atoms with E-state index in [9.17, 15) is 9.59 Å². The van der Waals surface area contributed by atoms with Gasteiger partial charge >= 0.3 is 0 Å². The molecule has 3 rings (SSSR count). The molecule has 1 aliphatic heterocycles. The number of nitrogens with zero attached hydrogens (tertiary/aromatic N) is 1. The first kappa shape index (κ1) is 18.6. The van der Waals surface area contributed by atoms with Crippen LogP contribution in [0.1, 0.15) is 17.3 Å². The molecular formula is C20H22N2O5. The van der Waals surface area contributed by atoms with Gasteiger partial charge in [-0.3, -0.25) is 9.59 Å². The molecule has 0 atom stereocenters. The smallest absolute Gasteiger partial charge is 0.254 e. The van der Waals surface area contributed by atoms with Crippen molar-refractivity contribution in [3.05, 3.63) is 48.0 Å². The molecule has 1 aliphatic rings. The summed E-state index contributed by atoms with van der Waals surface area (Å²) in [6, 6.07) is 12.1. The Balaban J connectivity index is 1.67. The predicted octanol–water partition coefficient (Wildman–Crippen LogP) is 2.57. The van der Waals surface area contributed by atoms with Crippen LogP contribution >= 0.6 is 0 Å². The minimum absolute atomic E-state index is 0.0546. The van der Waals surface area contributed by atoms with Gasteiger partial charge in [-0.2, -0.15) is 0 Å². The monoisotopic (exact) mass is 370 g/mol. The number of carbonyl (C=O) groups is 2. The number of ether oxygens (including phenoxy) is 3. The molecule has 7 nitrogen and oxygen atoms in total. The minimum atomic E-state index is -0.281. The van der Waals surface area contributed by atoms with E-state index >= 15 is 0 Å². The van der Waals surface area contributed by atoms with Gasteiger partial charge in [-0.25, -0.2) is 0 Å². The Bertz CT molecular complexity index is 837. The second-order valence-corrected chi connectivity index (χ2v) is 5.96. The van der Waals surface area contributed by atoms with Crippen LogP contribution in [0.15, 0.2) is 42.5 Å². The summed E-state index contributed by atoms with van der Waals surface area (Å²) in [5.74, 6) is 1.29. The average Bonchev–Trinajstić information content (AvgIpc) is 2.71. The van der Waals surface area contributed by atoms with E-state index in [1.165, 1.54) is 4.90 Å². The molecule has 1 heterocycles. The number of nitrogens with one attached hydrogen (secondary N) is 1. The van der Waals surface area contributed by atoms with Crippen LogP contribution in [0.25, 0.3) is 0 Å². The van der Waals surface area contributed by atoms with E-state index in [1.54, 1.807) is 49.6 Å². The molecule has 7 heteroatoms. The first-order valence-electron chi connectivity index (χ1n) is 8.73. The van der Waals surface area contributed by atoms with E-state index in [4.69, 9.17) is 14.2 Å². The third-order valence-electron chi connectivity index (χ3n) is 4.15. The lowest BCUT2D eigenvalue weighted by Gasteiger charge is -2.22. The van der Waals surface area contributed by atoms with Crippen molar-refractivity contribution in [1.82, 2.24) is 4.90 Å². The highest BCUT2D eigenvalue weighted by molar-refractivity contribution is 5.99. The normalized spacial score (nSPS) is 12.2. The third kappa shape index (κ3) is 4.49. The van der Waals surface area contributed by atoms with Crippen molar-refractivity contribution < 1.29 is 23.8 Å². The maximum absolute atomic E-state index is 12.8. The molecule has 0 aliphatic carbocycles. The third-order valence-corrected chi connectivity index (χ3v) is 4.15. The molecule has 0 bridgehead atoms. The molecule has 0 radical (unpaired) electrons. The Kier molecular flexibility index (Phi) is 5.80. The van der Waals surface area contributed by atoms with Crippen molar-refractivity contribution in [1.29, 1.82) is 0 Å². The van der Waals surface area contributed by atoms with Crippen molar-refractivity contribution >= 4 is 17.5 Å². The zero-order valence-corrected chi connectivity index (χ0v) is 15.4. The van der Waals surface area contributed by atoms with E-state index in [0.717, 1.165) is 0 Å². The number of likely N-dealkylation sites (N-methyl/N-ethyl adjacent to an activating group) is 1. The summed E-state index contributed by atoms with van der Waals surface area (Å²) in [7, 11) is 1.56. The molecule has 1 N–H and O–H groups in total. The number of anilines is 1. The topological polar surface area (TPSA) is 77.1 Å². The number of amides is 2. The van der Waals surface area contributed by atoms with Gasteiger partial charge in [0, 0.05) is 23.9 Å². The Hall–Kier alpha value is -3.22. The van der Waals surface area contributed by atoms with Gasteiger partial charge in [0.2, 0.25) is 5.91 Å². The Morgan fingerprint density at radius 3 is 2.63 bits per heavy atom. The zero-order valence-electron chi connectivity index (χ0n) is 15.4. The summed E-state index contributed by atoms with van der Waals surface area (Å²) in [6.07, 6.45) is 0. The van der Waals surface area contributed by atoms with Gasteiger partial charge in [-0.15, -0.1) is 0 Å². The lowest BCUT2D eigenvalue weighted by molar-refractivity contribution is -0.116. The van der Waals surface area contributed by atoms with E-state index < -0.39 is 0 Å². The number of carbonyl (C=O) groups excluding carboxylic acids is 2. The van der Waals surface area contributed by atoms with Crippen LogP contribution in [0.5, 0.6) is 17.2 Å².